The van der Waals surface area contributed by atoms with E-state index in [4.69, 9.17) is 16.3 Å². The molecule has 7 nitrogen and oxygen atoms in total. The van der Waals surface area contributed by atoms with Gasteiger partial charge in [-0.3, -0.25) is 9.59 Å². The van der Waals surface area contributed by atoms with E-state index in [1.807, 2.05) is 0 Å². The van der Waals surface area contributed by atoms with Crippen LogP contribution in [0.1, 0.15) is 18.1 Å². The van der Waals surface area contributed by atoms with E-state index in [0.717, 1.165) is 0 Å². The molecule has 0 heterocycles. The molecule has 0 fully saturated rings. The summed E-state index contributed by atoms with van der Waals surface area (Å²) < 4.78 is 18.2. The van der Waals surface area contributed by atoms with Gasteiger partial charge >= 0.3 is 5.97 Å². The summed E-state index contributed by atoms with van der Waals surface area (Å²) in [5.41, 5.74) is 1.20. The number of carbonyl (C=O) groups is 3. The Labute approximate surface area is 178 Å². The molecule has 0 aromatic heterocycles. The van der Waals surface area contributed by atoms with Crippen molar-refractivity contribution in [3.8, 4) is 5.75 Å². The van der Waals surface area contributed by atoms with Crippen LogP contribution in [0.4, 0.5) is 4.39 Å². The van der Waals surface area contributed by atoms with Crippen LogP contribution in [0.5, 0.6) is 5.75 Å². The largest absolute Gasteiger partial charge is 0.495 e. The van der Waals surface area contributed by atoms with Gasteiger partial charge in [-0.15, -0.1) is 0 Å². The predicted octanol–water partition coefficient (Wildman–Crippen LogP) is 2.35. The monoisotopic (exact) mass is 436 g/mol. The molecule has 2 aromatic rings. The third-order valence-electron chi connectivity index (χ3n) is 4.32. The van der Waals surface area contributed by atoms with Crippen LogP contribution in [0.3, 0.4) is 0 Å². The number of aliphatic carboxylic acids is 1. The summed E-state index contributed by atoms with van der Waals surface area (Å²) in [4.78, 5) is 35.9. The molecule has 0 saturated heterocycles. The third-order valence-corrected chi connectivity index (χ3v) is 4.61. The zero-order valence-corrected chi connectivity index (χ0v) is 17.2. The second-order valence-electron chi connectivity index (χ2n) is 6.66. The number of nitrogens with one attached hydrogen (secondary N) is 2. The van der Waals surface area contributed by atoms with Crippen molar-refractivity contribution < 1.29 is 28.6 Å². The van der Waals surface area contributed by atoms with Gasteiger partial charge in [0.1, 0.15) is 23.7 Å². The van der Waals surface area contributed by atoms with Gasteiger partial charge in [0.2, 0.25) is 11.8 Å². The third kappa shape index (κ3) is 6.73. The molecule has 9 heteroatoms. The topological polar surface area (TPSA) is 105 Å². The van der Waals surface area contributed by atoms with E-state index in [0.29, 0.717) is 21.9 Å². The predicted molar refractivity (Wildman–Crippen MR) is 109 cm³/mol. The molecule has 0 spiro atoms. The first-order chi connectivity index (χ1) is 14.2. The number of methoxy groups -OCH3 is 1. The van der Waals surface area contributed by atoms with Crippen molar-refractivity contribution in [1.29, 1.82) is 0 Å². The summed E-state index contributed by atoms with van der Waals surface area (Å²) in [6, 6.07) is 8.02. The SMILES string of the molecule is COc1ccc(C[C@H](NC(=O)[C@@H](Cc2ccc(F)cc2)NC(C)=O)C(=O)O)cc1Cl. The van der Waals surface area contributed by atoms with Gasteiger partial charge in [0.05, 0.1) is 12.1 Å². The molecule has 2 amide bonds. The van der Waals surface area contributed by atoms with Crippen LogP contribution in [0, 0.1) is 5.82 Å². The smallest absolute Gasteiger partial charge is 0.326 e. The van der Waals surface area contributed by atoms with E-state index in [1.165, 1.54) is 38.3 Å². The minimum Gasteiger partial charge on any atom is -0.495 e. The molecule has 160 valence electrons. The van der Waals surface area contributed by atoms with E-state index >= 15 is 0 Å². The molecule has 3 N–H and O–H groups in total. The number of ether oxygens (including phenoxy) is 1. The van der Waals surface area contributed by atoms with Gasteiger partial charge in [0, 0.05) is 19.8 Å². The zero-order valence-electron chi connectivity index (χ0n) is 16.4. The Morgan fingerprint density at radius 1 is 1.03 bits per heavy atom. The first-order valence-electron chi connectivity index (χ1n) is 9.06. The molecule has 0 unspecified atom stereocenters. The van der Waals surface area contributed by atoms with Crippen molar-refractivity contribution in [2.24, 2.45) is 0 Å². The number of carbonyl (C=O) groups excluding carboxylic acids is 2. The van der Waals surface area contributed by atoms with Gasteiger partial charge in [-0.25, -0.2) is 9.18 Å². The fourth-order valence-corrected chi connectivity index (χ4v) is 3.14. The number of carboxylic acid groups (broad SMARTS) is 1. The second kappa shape index (κ2) is 10.6. The first kappa shape index (κ1) is 23.2. The summed E-state index contributed by atoms with van der Waals surface area (Å²) in [5, 5.41) is 14.8. The summed E-state index contributed by atoms with van der Waals surface area (Å²) in [6.45, 7) is 1.25. The lowest BCUT2D eigenvalue weighted by Crippen LogP contribution is -2.52. The Morgan fingerprint density at radius 3 is 2.17 bits per heavy atom. The van der Waals surface area contributed by atoms with Crippen LogP contribution >= 0.6 is 11.6 Å². The lowest BCUT2D eigenvalue weighted by atomic mass is 10.0. The van der Waals surface area contributed by atoms with Crippen molar-refractivity contribution in [2.75, 3.05) is 7.11 Å². The number of benzene rings is 2. The van der Waals surface area contributed by atoms with Crippen LogP contribution in [-0.2, 0) is 27.2 Å². The van der Waals surface area contributed by atoms with Gasteiger partial charge in [0.25, 0.3) is 0 Å². The van der Waals surface area contributed by atoms with E-state index < -0.39 is 35.7 Å². The van der Waals surface area contributed by atoms with Crippen molar-refractivity contribution in [3.05, 3.63) is 64.4 Å². The zero-order chi connectivity index (χ0) is 22.3. The van der Waals surface area contributed by atoms with Crippen molar-refractivity contribution in [3.63, 3.8) is 0 Å². The highest BCUT2D eigenvalue weighted by molar-refractivity contribution is 6.32. The number of amides is 2. The van der Waals surface area contributed by atoms with Gasteiger partial charge in [-0.1, -0.05) is 29.8 Å². The van der Waals surface area contributed by atoms with Gasteiger partial charge in [-0.2, -0.15) is 0 Å². The molecule has 2 aromatic carbocycles. The van der Waals surface area contributed by atoms with Crippen LogP contribution < -0.4 is 15.4 Å². The highest BCUT2D eigenvalue weighted by Crippen LogP contribution is 2.25. The highest BCUT2D eigenvalue weighted by Gasteiger charge is 2.26. The Balaban J connectivity index is 2.14. The minimum absolute atomic E-state index is 0.0197. The molecular formula is C21H22ClFN2O5. The Kier molecular flexibility index (Phi) is 8.17. The fraction of sp³-hybridized carbons (Fsp3) is 0.286. The van der Waals surface area contributed by atoms with E-state index in [9.17, 15) is 23.9 Å². The quantitative estimate of drug-likeness (QED) is 0.559. The highest BCUT2D eigenvalue weighted by atomic mass is 35.5. The molecular weight excluding hydrogens is 415 g/mol. The Bertz CT molecular complexity index is 920. The molecule has 2 rings (SSSR count). The summed E-state index contributed by atoms with van der Waals surface area (Å²) >= 11 is 6.07. The standard InChI is InChI=1S/C21H22ClFN2O5/c1-12(26)24-17(10-13-3-6-15(23)7-4-13)20(27)25-18(21(28)29)11-14-5-8-19(30-2)16(22)9-14/h3-9,17-18H,10-11H2,1-2H3,(H,24,26)(H,25,27)(H,28,29)/t17-,18+/m1/s1. The van der Waals surface area contributed by atoms with Crippen molar-refractivity contribution >= 4 is 29.4 Å². The number of rotatable bonds is 9. The molecule has 0 saturated carbocycles. The van der Waals surface area contributed by atoms with E-state index in [2.05, 4.69) is 10.6 Å². The van der Waals surface area contributed by atoms with Crippen molar-refractivity contribution in [2.45, 2.75) is 31.8 Å². The maximum absolute atomic E-state index is 13.1. The summed E-state index contributed by atoms with van der Waals surface area (Å²) in [5.74, 6) is -2.34. The molecule has 0 aliphatic heterocycles. The molecule has 2 atom stereocenters. The van der Waals surface area contributed by atoms with Crippen LogP contribution in [0.2, 0.25) is 5.02 Å². The Morgan fingerprint density at radius 2 is 1.63 bits per heavy atom. The second-order valence-corrected chi connectivity index (χ2v) is 7.06. The minimum atomic E-state index is -1.24. The molecule has 0 aliphatic carbocycles. The fourth-order valence-electron chi connectivity index (χ4n) is 2.86. The average molecular weight is 437 g/mol. The molecule has 0 aliphatic rings. The number of halogens is 2. The lowest BCUT2D eigenvalue weighted by Gasteiger charge is -2.21. The Hall–Kier alpha value is -3.13. The van der Waals surface area contributed by atoms with E-state index in [1.54, 1.807) is 18.2 Å². The first-order valence-corrected chi connectivity index (χ1v) is 9.44. The van der Waals surface area contributed by atoms with Crippen LogP contribution in [0.15, 0.2) is 42.5 Å². The summed E-state index contributed by atoms with van der Waals surface area (Å²) in [6.07, 6.45) is 0.0561. The van der Waals surface area contributed by atoms with Gasteiger partial charge in [0.15, 0.2) is 0 Å². The van der Waals surface area contributed by atoms with Crippen LogP contribution in [-0.4, -0.2) is 42.1 Å². The number of carboxylic acids is 1. The molecule has 0 radical (unpaired) electrons. The normalized spacial score (nSPS) is 12.5. The van der Waals surface area contributed by atoms with Gasteiger partial charge < -0.3 is 20.5 Å². The molecule has 30 heavy (non-hydrogen) atoms. The van der Waals surface area contributed by atoms with Crippen molar-refractivity contribution in [1.82, 2.24) is 10.6 Å². The maximum atomic E-state index is 13.1. The number of hydrogen-bond acceptors (Lipinski definition) is 4. The van der Waals surface area contributed by atoms with E-state index in [-0.39, 0.29) is 12.8 Å². The number of hydrogen-bond donors (Lipinski definition) is 3. The molecule has 0 bridgehead atoms. The maximum Gasteiger partial charge on any atom is 0.326 e. The van der Waals surface area contributed by atoms with Gasteiger partial charge in [-0.05, 0) is 35.4 Å². The summed E-state index contributed by atoms with van der Waals surface area (Å²) in [7, 11) is 1.46. The van der Waals surface area contributed by atoms with Crippen LogP contribution in [0.25, 0.3) is 0 Å². The lowest BCUT2D eigenvalue weighted by molar-refractivity contribution is -0.142. The average Bonchev–Trinajstić information content (AvgIpc) is 2.68.